The summed E-state index contributed by atoms with van der Waals surface area (Å²) in [5.41, 5.74) is 1.16. The number of hydrogen-bond donors (Lipinski definition) is 0. The monoisotopic (exact) mass is 246 g/mol. The maximum Gasteiger partial charge on any atom is 0.275 e. The highest BCUT2D eigenvalue weighted by Crippen LogP contribution is 2.35. The fourth-order valence-electron chi connectivity index (χ4n) is 3.02. The summed E-state index contributed by atoms with van der Waals surface area (Å²) in [6.45, 7) is 0.399. The summed E-state index contributed by atoms with van der Waals surface area (Å²) in [4.78, 5) is 24.6. The van der Waals surface area contributed by atoms with Crippen LogP contribution in [-0.4, -0.2) is 21.8 Å². The van der Waals surface area contributed by atoms with Crippen LogP contribution in [0.15, 0.2) is 18.2 Å². The Balaban J connectivity index is 1.97. The molecule has 0 radical (unpaired) electrons. The Morgan fingerprint density at radius 2 is 2.00 bits per heavy atom. The number of nitro groups is 1. The van der Waals surface area contributed by atoms with E-state index >= 15 is 0 Å². The average molecular weight is 246 g/mol. The lowest BCUT2D eigenvalue weighted by molar-refractivity contribution is -0.385. The van der Waals surface area contributed by atoms with Gasteiger partial charge in [-0.05, 0) is 18.9 Å². The predicted molar refractivity (Wildman–Crippen MR) is 65.2 cm³/mol. The third-order valence-corrected chi connectivity index (χ3v) is 3.93. The maximum absolute atomic E-state index is 12.3. The van der Waals surface area contributed by atoms with Gasteiger partial charge in [0.05, 0.1) is 22.6 Å². The topological polar surface area (TPSA) is 63.4 Å². The van der Waals surface area contributed by atoms with Crippen LogP contribution in [0.25, 0.3) is 0 Å². The summed E-state index contributed by atoms with van der Waals surface area (Å²) in [6, 6.07) is 5.03. The van der Waals surface area contributed by atoms with E-state index in [2.05, 4.69) is 0 Å². The normalized spacial score (nSPS) is 19.3. The second-order valence-corrected chi connectivity index (χ2v) is 4.93. The van der Waals surface area contributed by atoms with E-state index in [0.29, 0.717) is 17.7 Å². The summed E-state index contributed by atoms with van der Waals surface area (Å²) >= 11 is 0. The lowest BCUT2D eigenvalue weighted by atomic mass is 10.1. The third-order valence-electron chi connectivity index (χ3n) is 3.93. The molecular formula is C13H14N2O3. The fraction of sp³-hybridized carbons (Fsp3) is 0.462. The Bertz CT molecular complexity index is 521. The van der Waals surface area contributed by atoms with E-state index in [1.807, 2.05) is 4.90 Å². The highest BCUT2D eigenvalue weighted by molar-refractivity contribution is 5.99. The SMILES string of the molecule is O=C1c2cccc([N+](=O)[O-])c2CN1C1CCCC1. The van der Waals surface area contributed by atoms with E-state index in [-0.39, 0.29) is 17.6 Å². The van der Waals surface area contributed by atoms with Crippen molar-refractivity contribution in [2.75, 3.05) is 0 Å². The predicted octanol–water partition coefficient (Wildman–Crippen LogP) is 2.49. The highest BCUT2D eigenvalue weighted by atomic mass is 16.6. The number of carbonyl (C=O) groups excluding carboxylic acids is 1. The third kappa shape index (κ3) is 1.58. The minimum Gasteiger partial charge on any atom is -0.331 e. The molecule has 2 aliphatic rings. The zero-order chi connectivity index (χ0) is 12.7. The number of carbonyl (C=O) groups is 1. The first-order chi connectivity index (χ1) is 8.68. The van der Waals surface area contributed by atoms with E-state index in [1.165, 1.54) is 6.07 Å². The van der Waals surface area contributed by atoms with Gasteiger partial charge in [-0.3, -0.25) is 14.9 Å². The van der Waals surface area contributed by atoms with Crippen LogP contribution in [0.3, 0.4) is 0 Å². The van der Waals surface area contributed by atoms with Gasteiger partial charge in [0, 0.05) is 12.1 Å². The van der Waals surface area contributed by atoms with Crippen molar-refractivity contribution in [1.29, 1.82) is 0 Å². The molecule has 1 fully saturated rings. The highest BCUT2D eigenvalue weighted by Gasteiger charge is 2.37. The molecule has 0 N–H and O–H groups in total. The molecule has 0 spiro atoms. The van der Waals surface area contributed by atoms with Crippen molar-refractivity contribution in [3.63, 3.8) is 0 Å². The minimum absolute atomic E-state index is 0.0411. The van der Waals surface area contributed by atoms with Crippen LogP contribution in [-0.2, 0) is 6.54 Å². The van der Waals surface area contributed by atoms with Gasteiger partial charge in [-0.1, -0.05) is 18.9 Å². The standard InChI is InChI=1S/C13H14N2O3/c16-13-10-6-3-7-12(15(17)18)11(10)8-14(13)9-4-1-2-5-9/h3,6-7,9H,1-2,4-5,8H2. The van der Waals surface area contributed by atoms with Gasteiger partial charge in [0.2, 0.25) is 0 Å². The zero-order valence-electron chi connectivity index (χ0n) is 9.96. The number of amides is 1. The summed E-state index contributed by atoms with van der Waals surface area (Å²) in [5.74, 6) is -0.0411. The average Bonchev–Trinajstić information content (AvgIpc) is 2.97. The van der Waals surface area contributed by atoms with Gasteiger partial charge < -0.3 is 4.90 Å². The van der Waals surface area contributed by atoms with Crippen LogP contribution in [0, 0.1) is 10.1 Å². The first-order valence-electron chi connectivity index (χ1n) is 6.25. The van der Waals surface area contributed by atoms with Crippen molar-refractivity contribution in [2.45, 2.75) is 38.3 Å². The molecule has 0 bridgehead atoms. The Kier molecular flexibility index (Phi) is 2.54. The van der Waals surface area contributed by atoms with Gasteiger partial charge in [-0.2, -0.15) is 0 Å². The van der Waals surface area contributed by atoms with Crippen molar-refractivity contribution in [2.24, 2.45) is 0 Å². The minimum atomic E-state index is -0.399. The van der Waals surface area contributed by atoms with Crippen molar-refractivity contribution < 1.29 is 9.72 Å². The Morgan fingerprint density at radius 1 is 1.28 bits per heavy atom. The van der Waals surface area contributed by atoms with Gasteiger partial charge in [0.25, 0.3) is 11.6 Å². The zero-order valence-corrected chi connectivity index (χ0v) is 9.96. The molecule has 1 aromatic rings. The summed E-state index contributed by atoms with van der Waals surface area (Å²) in [5, 5.41) is 11.0. The molecule has 1 aliphatic heterocycles. The largest absolute Gasteiger partial charge is 0.331 e. The first-order valence-corrected chi connectivity index (χ1v) is 6.25. The van der Waals surface area contributed by atoms with Crippen molar-refractivity contribution >= 4 is 11.6 Å². The van der Waals surface area contributed by atoms with Gasteiger partial charge >= 0.3 is 0 Å². The molecule has 0 aromatic heterocycles. The first kappa shape index (κ1) is 11.2. The second-order valence-electron chi connectivity index (χ2n) is 4.93. The van der Waals surface area contributed by atoms with Crippen LogP contribution in [0.4, 0.5) is 5.69 Å². The molecule has 0 atom stereocenters. The number of hydrogen-bond acceptors (Lipinski definition) is 3. The Hall–Kier alpha value is -1.91. The molecule has 5 heteroatoms. The van der Waals surface area contributed by atoms with Crippen LogP contribution >= 0.6 is 0 Å². The molecule has 1 aliphatic carbocycles. The number of fused-ring (bicyclic) bond motifs is 1. The second kappa shape index (κ2) is 4.08. The summed E-state index contributed by atoms with van der Waals surface area (Å²) in [6.07, 6.45) is 4.33. The van der Waals surface area contributed by atoms with E-state index in [4.69, 9.17) is 0 Å². The lowest BCUT2D eigenvalue weighted by Crippen LogP contribution is -2.33. The molecule has 3 rings (SSSR count). The Morgan fingerprint density at radius 3 is 2.67 bits per heavy atom. The number of rotatable bonds is 2. The number of benzene rings is 1. The molecular weight excluding hydrogens is 232 g/mol. The number of nitrogens with zero attached hydrogens (tertiary/aromatic N) is 2. The van der Waals surface area contributed by atoms with Crippen LogP contribution < -0.4 is 0 Å². The molecule has 0 saturated heterocycles. The summed E-state index contributed by atoms with van der Waals surface area (Å²) in [7, 11) is 0. The van der Waals surface area contributed by atoms with Crippen LogP contribution in [0.1, 0.15) is 41.6 Å². The van der Waals surface area contributed by atoms with Gasteiger partial charge in [0.1, 0.15) is 0 Å². The summed E-state index contributed by atoms with van der Waals surface area (Å²) < 4.78 is 0. The maximum atomic E-state index is 12.3. The molecule has 1 amide bonds. The fourth-order valence-corrected chi connectivity index (χ4v) is 3.02. The van der Waals surface area contributed by atoms with Crippen molar-refractivity contribution in [1.82, 2.24) is 4.90 Å². The molecule has 5 nitrogen and oxygen atoms in total. The van der Waals surface area contributed by atoms with Gasteiger partial charge in [-0.25, -0.2) is 0 Å². The smallest absolute Gasteiger partial charge is 0.275 e. The van der Waals surface area contributed by atoms with Crippen LogP contribution in [0.2, 0.25) is 0 Å². The molecule has 1 saturated carbocycles. The van der Waals surface area contributed by atoms with E-state index < -0.39 is 4.92 Å². The van der Waals surface area contributed by atoms with Crippen molar-refractivity contribution in [3.05, 3.63) is 39.4 Å². The molecule has 18 heavy (non-hydrogen) atoms. The Labute approximate surface area is 105 Å². The molecule has 1 heterocycles. The molecule has 1 aromatic carbocycles. The molecule has 94 valence electrons. The van der Waals surface area contributed by atoms with Gasteiger partial charge in [0.15, 0.2) is 0 Å². The van der Waals surface area contributed by atoms with E-state index in [1.54, 1.807) is 12.1 Å². The lowest BCUT2D eigenvalue weighted by Gasteiger charge is -2.23. The van der Waals surface area contributed by atoms with E-state index in [9.17, 15) is 14.9 Å². The number of nitro benzene ring substituents is 1. The van der Waals surface area contributed by atoms with Crippen molar-refractivity contribution in [3.8, 4) is 0 Å². The quantitative estimate of drug-likeness (QED) is 0.595. The molecule has 0 unspecified atom stereocenters. The van der Waals surface area contributed by atoms with E-state index in [0.717, 1.165) is 25.7 Å². The van der Waals surface area contributed by atoms with Gasteiger partial charge in [-0.15, -0.1) is 0 Å². The van der Waals surface area contributed by atoms with Crippen LogP contribution in [0.5, 0.6) is 0 Å².